The second-order valence-corrected chi connectivity index (χ2v) is 6.77. The van der Waals surface area contributed by atoms with Gasteiger partial charge in [-0.3, -0.25) is 0 Å². The minimum atomic E-state index is -1.17. The standard InChI is InChI=1S/C21H27NO4/c1-22-11-12-26-20(15-22)21(23,17-7-5-4-6-8-17)14-16-13-18(24-2)9-10-19(16)25-3/h4-10,13,20,23H,11-12,14-15H2,1-3H3/t20-,21?/m0/s1. The van der Waals surface area contributed by atoms with Crippen LogP contribution in [0.4, 0.5) is 0 Å². The molecular formula is C21H27NO4. The van der Waals surface area contributed by atoms with E-state index in [0.717, 1.165) is 29.2 Å². The highest BCUT2D eigenvalue weighted by Gasteiger charge is 2.42. The van der Waals surface area contributed by atoms with Crippen LogP contribution >= 0.6 is 0 Å². The molecule has 2 atom stereocenters. The Bertz CT molecular complexity index is 721. The molecule has 1 fully saturated rings. The Morgan fingerprint density at radius 2 is 1.92 bits per heavy atom. The van der Waals surface area contributed by atoms with E-state index in [-0.39, 0.29) is 6.10 Å². The maximum atomic E-state index is 11.8. The quantitative estimate of drug-likeness (QED) is 0.861. The monoisotopic (exact) mass is 357 g/mol. The molecule has 1 N–H and O–H groups in total. The van der Waals surface area contributed by atoms with Gasteiger partial charge in [-0.1, -0.05) is 30.3 Å². The Labute approximate surface area is 155 Å². The lowest BCUT2D eigenvalue weighted by atomic mass is 9.81. The molecule has 140 valence electrons. The molecule has 1 aliphatic heterocycles. The van der Waals surface area contributed by atoms with Crippen molar-refractivity contribution in [3.63, 3.8) is 0 Å². The fraction of sp³-hybridized carbons (Fsp3) is 0.429. The molecule has 0 bridgehead atoms. The lowest BCUT2D eigenvalue weighted by Gasteiger charge is -2.41. The number of benzene rings is 2. The number of rotatable bonds is 6. The topological polar surface area (TPSA) is 51.2 Å². The molecule has 0 aliphatic carbocycles. The van der Waals surface area contributed by atoms with Gasteiger partial charge < -0.3 is 24.2 Å². The zero-order valence-electron chi connectivity index (χ0n) is 15.6. The summed E-state index contributed by atoms with van der Waals surface area (Å²) < 4.78 is 16.9. The van der Waals surface area contributed by atoms with Crippen molar-refractivity contribution in [2.45, 2.75) is 18.1 Å². The van der Waals surface area contributed by atoms with Crippen molar-refractivity contribution in [3.05, 3.63) is 59.7 Å². The van der Waals surface area contributed by atoms with Crippen LogP contribution in [0.5, 0.6) is 11.5 Å². The molecule has 1 saturated heterocycles. The number of aliphatic hydroxyl groups is 1. The zero-order valence-corrected chi connectivity index (χ0v) is 15.6. The summed E-state index contributed by atoms with van der Waals surface area (Å²) in [7, 11) is 5.32. The summed E-state index contributed by atoms with van der Waals surface area (Å²) in [5.41, 5.74) is 0.551. The van der Waals surface area contributed by atoms with Gasteiger partial charge in [-0.2, -0.15) is 0 Å². The summed E-state index contributed by atoms with van der Waals surface area (Å²) in [6.07, 6.45) is 0.0372. The van der Waals surface area contributed by atoms with E-state index >= 15 is 0 Å². The number of ether oxygens (including phenoxy) is 3. The van der Waals surface area contributed by atoms with Crippen molar-refractivity contribution in [2.75, 3.05) is 41.0 Å². The van der Waals surface area contributed by atoms with Crippen LogP contribution in [0.3, 0.4) is 0 Å². The van der Waals surface area contributed by atoms with E-state index in [0.29, 0.717) is 19.6 Å². The van der Waals surface area contributed by atoms with Crippen molar-refractivity contribution in [1.29, 1.82) is 0 Å². The zero-order chi connectivity index (χ0) is 18.6. The lowest BCUT2D eigenvalue weighted by Crippen LogP contribution is -2.53. The summed E-state index contributed by atoms with van der Waals surface area (Å²) in [6, 6.07) is 15.4. The molecule has 5 heteroatoms. The fourth-order valence-electron chi connectivity index (χ4n) is 3.51. The predicted octanol–water partition coefficient (Wildman–Crippen LogP) is 2.46. The fourth-order valence-corrected chi connectivity index (χ4v) is 3.51. The molecule has 2 aromatic carbocycles. The SMILES string of the molecule is COc1ccc(OC)c(CC(O)(c2ccccc2)[C@@H]2CN(C)CCO2)c1. The molecule has 0 amide bonds. The van der Waals surface area contributed by atoms with E-state index in [1.54, 1.807) is 14.2 Å². The predicted molar refractivity (Wildman–Crippen MR) is 101 cm³/mol. The molecule has 0 aromatic heterocycles. The van der Waals surface area contributed by atoms with Crippen LogP contribution in [-0.4, -0.2) is 57.1 Å². The van der Waals surface area contributed by atoms with Gasteiger partial charge in [-0.25, -0.2) is 0 Å². The van der Waals surface area contributed by atoms with E-state index in [1.807, 2.05) is 55.6 Å². The summed E-state index contributed by atoms with van der Waals surface area (Å²) >= 11 is 0. The molecule has 0 radical (unpaired) electrons. The van der Waals surface area contributed by atoms with Crippen LogP contribution in [0.2, 0.25) is 0 Å². The maximum Gasteiger partial charge on any atom is 0.122 e. The Morgan fingerprint density at radius 3 is 2.58 bits per heavy atom. The summed E-state index contributed by atoms with van der Waals surface area (Å²) in [5, 5.41) is 11.8. The maximum absolute atomic E-state index is 11.8. The third-order valence-corrected chi connectivity index (χ3v) is 5.02. The molecular weight excluding hydrogens is 330 g/mol. The third kappa shape index (κ3) is 3.85. The number of nitrogens with zero attached hydrogens (tertiary/aromatic N) is 1. The lowest BCUT2D eigenvalue weighted by molar-refractivity contribution is -0.145. The van der Waals surface area contributed by atoms with Crippen LogP contribution in [0, 0.1) is 0 Å². The van der Waals surface area contributed by atoms with Gasteiger partial charge in [-0.05, 0) is 30.8 Å². The van der Waals surface area contributed by atoms with Gasteiger partial charge in [0.25, 0.3) is 0 Å². The first kappa shape index (κ1) is 18.7. The van der Waals surface area contributed by atoms with E-state index in [9.17, 15) is 5.11 Å². The highest BCUT2D eigenvalue weighted by atomic mass is 16.5. The first-order valence-electron chi connectivity index (χ1n) is 8.86. The van der Waals surface area contributed by atoms with Gasteiger partial charge >= 0.3 is 0 Å². The van der Waals surface area contributed by atoms with Crippen molar-refractivity contribution in [1.82, 2.24) is 4.90 Å². The van der Waals surface area contributed by atoms with E-state index < -0.39 is 5.60 Å². The van der Waals surface area contributed by atoms with Gasteiger partial charge in [0.15, 0.2) is 0 Å². The summed E-state index contributed by atoms with van der Waals surface area (Å²) in [6.45, 7) is 2.13. The number of morpholine rings is 1. The van der Waals surface area contributed by atoms with Gasteiger partial charge in [0, 0.05) is 25.1 Å². The summed E-state index contributed by atoms with van der Waals surface area (Å²) in [5.74, 6) is 1.46. The molecule has 26 heavy (non-hydrogen) atoms. The molecule has 1 heterocycles. The first-order chi connectivity index (χ1) is 12.6. The largest absolute Gasteiger partial charge is 0.497 e. The van der Waals surface area contributed by atoms with E-state index in [2.05, 4.69) is 4.90 Å². The van der Waals surface area contributed by atoms with Gasteiger partial charge in [0.1, 0.15) is 23.2 Å². The molecule has 1 unspecified atom stereocenters. The van der Waals surface area contributed by atoms with Crippen LogP contribution in [-0.2, 0) is 16.8 Å². The highest BCUT2D eigenvalue weighted by Crippen LogP contribution is 2.36. The van der Waals surface area contributed by atoms with E-state index in [1.165, 1.54) is 0 Å². The van der Waals surface area contributed by atoms with Crippen molar-refractivity contribution in [2.24, 2.45) is 0 Å². The number of hydrogen-bond donors (Lipinski definition) is 1. The Balaban J connectivity index is 2.02. The van der Waals surface area contributed by atoms with Gasteiger partial charge in [0.2, 0.25) is 0 Å². The second-order valence-electron chi connectivity index (χ2n) is 6.77. The molecule has 1 aliphatic rings. The van der Waals surface area contributed by atoms with Crippen LogP contribution in [0.15, 0.2) is 48.5 Å². The minimum absolute atomic E-state index is 0.334. The number of hydrogen-bond acceptors (Lipinski definition) is 5. The van der Waals surface area contributed by atoms with E-state index in [4.69, 9.17) is 14.2 Å². The molecule has 0 saturated carbocycles. The third-order valence-electron chi connectivity index (χ3n) is 5.02. The Morgan fingerprint density at radius 1 is 1.15 bits per heavy atom. The second kappa shape index (κ2) is 8.08. The average Bonchev–Trinajstić information content (AvgIpc) is 2.68. The van der Waals surface area contributed by atoms with Crippen LogP contribution in [0.25, 0.3) is 0 Å². The van der Waals surface area contributed by atoms with Crippen LogP contribution in [0.1, 0.15) is 11.1 Å². The smallest absolute Gasteiger partial charge is 0.122 e. The average molecular weight is 357 g/mol. The number of methoxy groups -OCH3 is 2. The first-order valence-corrected chi connectivity index (χ1v) is 8.86. The molecule has 5 nitrogen and oxygen atoms in total. The van der Waals surface area contributed by atoms with Crippen molar-refractivity contribution >= 4 is 0 Å². The normalized spacial score (nSPS) is 20.4. The van der Waals surface area contributed by atoms with Crippen molar-refractivity contribution in [3.8, 4) is 11.5 Å². The molecule has 0 spiro atoms. The molecule has 3 rings (SSSR count). The Kier molecular flexibility index (Phi) is 5.81. The summed E-state index contributed by atoms with van der Waals surface area (Å²) in [4.78, 5) is 2.19. The highest BCUT2D eigenvalue weighted by molar-refractivity contribution is 5.42. The van der Waals surface area contributed by atoms with Crippen LogP contribution < -0.4 is 9.47 Å². The molecule has 2 aromatic rings. The Hall–Kier alpha value is -2.08. The minimum Gasteiger partial charge on any atom is -0.497 e. The van der Waals surface area contributed by atoms with Crippen molar-refractivity contribution < 1.29 is 19.3 Å². The van der Waals surface area contributed by atoms with Gasteiger partial charge in [-0.15, -0.1) is 0 Å². The number of likely N-dealkylation sites (N-methyl/N-ethyl adjacent to an activating group) is 1. The van der Waals surface area contributed by atoms with Gasteiger partial charge in [0.05, 0.1) is 20.8 Å².